The van der Waals surface area contributed by atoms with Crippen LogP contribution in [0.25, 0.3) is 22.2 Å². The Hall–Kier alpha value is -3.85. The van der Waals surface area contributed by atoms with E-state index in [0.29, 0.717) is 5.56 Å². The summed E-state index contributed by atoms with van der Waals surface area (Å²) < 4.78 is 1.76. The number of nitrogens with one attached hydrogen (secondary N) is 1. The molecule has 1 aromatic carbocycles. The van der Waals surface area contributed by atoms with Crippen molar-refractivity contribution in [1.82, 2.24) is 29.6 Å². The molecule has 1 fully saturated rings. The van der Waals surface area contributed by atoms with E-state index < -0.39 is 0 Å². The first-order valence-corrected chi connectivity index (χ1v) is 10.5. The van der Waals surface area contributed by atoms with E-state index in [-0.39, 0.29) is 11.9 Å². The summed E-state index contributed by atoms with van der Waals surface area (Å²) in [5.41, 5.74) is 3.10. The van der Waals surface area contributed by atoms with Crippen LogP contribution in [0.3, 0.4) is 0 Å². The van der Waals surface area contributed by atoms with Crippen LogP contribution in [0.4, 0.5) is 11.8 Å². The van der Waals surface area contributed by atoms with Gasteiger partial charge in [0, 0.05) is 68.3 Å². The van der Waals surface area contributed by atoms with Gasteiger partial charge in [-0.2, -0.15) is 5.10 Å². The number of piperazine rings is 1. The van der Waals surface area contributed by atoms with E-state index in [1.54, 1.807) is 23.1 Å². The van der Waals surface area contributed by atoms with Crippen LogP contribution in [0.15, 0.2) is 55.0 Å². The standard InChI is InChI=1S/C23H24N8O/c1-29-9-11-31(12-10-29)21-14-17(5-7-24-21)22(32)27-23-25-15-18-4-3-16(13-20(18)26-23)19-6-8-30(2)28-19/h3-8,13-15H,9-12H2,1-2H3,(H,25,26,27,32). The Balaban J connectivity index is 1.36. The summed E-state index contributed by atoms with van der Waals surface area (Å²) in [7, 11) is 3.99. The average molecular weight is 429 g/mol. The van der Waals surface area contributed by atoms with Crippen molar-refractivity contribution < 1.29 is 4.79 Å². The molecule has 0 aliphatic carbocycles. The summed E-state index contributed by atoms with van der Waals surface area (Å²) in [6.45, 7) is 3.73. The highest BCUT2D eigenvalue weighted by molar-refractivity contribution is 6.04. The van der Waals surface area contributed by atoms with Gasteiger partial charge in [-0.3, -0.25) is 14.8 Å². The maximum atomic E-state index is 12.9. The van der Waals surface area contributed by atoms with E-state index >= 15 is 0 Å². The zero-order valence-electron chi connectivity index (χ0n) is 18.1. The number of amides is 1. The lowest BCUT2D eigenvalue weighted by molar-refractivity contribution is 0.102. The first-order chi connectivity index (χ1) is 15.5. The van der Waals surface area contributed by atoms with Crippen LogP contribution < -0.4 is 10.2 Å². The highest BCUT2D eigenvalue weighted by Gasteiger charge is 2.17. The second kappa shape index (κ2) is 8.35. The van der Waals surface area contributed by atoms with E-state index in [0.717, 1.165) is 54.2 Å². The van der Waals surface area contributed by atoms with Gasteiger partial charge in [-0.05, 0) is 31.3 Å². The summed E-state index contributed by atoms with van der Waals surface area (Å²) in [5.74, 6) is 0.812. The largest absolute Gasteiger partial charge is 0.354 e. The van der Waals surface area contributed by atoms with Crippen molar-refractivity contribution >= 4 is 28.6 Å². The number of aromatic nitrogens is 5. The third-order valence-corrected chi connectivity index (χ3v) is 5.65. The molecule has 0 radical (unpaired) electrons. The number of benzene rings is 1. The van der Waals surface area contributed by atoms with E-state index in [4.69, 9.17) is 0 Å². The normalized spacial score (nSPS) is 14.6. The topological polar surface area (TPSA) is 92.1 Å². The molecular weight excluding hydrogens is 404 g/mol. The Morgan fingerprint density at radius 2 is 1.84 bits per heavy atom. The average Bonchev–Trinajstić information content (AvgIpc) is 3.25. The first kappa shape index (κ1) is 20.1. The molecule has 3 aromatic heterocycles. The quantitative estimate of drug-likeness (QED) is 0.534. The second-order valence-corrected chi connectivity index (χ2v) is 7.99. The summed E-state index contributed by atoms with van der Waals surface area (Å²) in [6, 6.07) is 11.4. The summed E-state index contributed by atoms with van der Waals surface area (Å²) >= 11 is 0. The molecule has 1 N–H and O–H groups in total. The lowest BCUT2D eigenvalue weighted by Crippen LogP contribution is -2.44. The van der Waals surface area contributed by atoms with Crippen molar-refractivity contribution in [3.8, 4) is 11.3 Å². The smallest absolute Gasteiger partial charge is 0.258 e. The molecule has 1 aliphatic heterocycles. The molecule has 1 saturated heterocycles. The fourth-order valence-electron chi connectivity index (χ4n) is 3.75. The fourth-order valence-corrected chi connectivity index (χ4v) is 3.75. The summed E-state index contributed by atoms with van der Waals surface area (Å²) in [5, 5.41) is 8.15. The number of carbonyl (C=O) groups is 1. The lowest BCUT2D eigenvalue weighted by atomic mass is 10.1. The van der Waals surface area contributed by atoms with Crippen LogP contribution in [0.5, 0.6) is 0 Å². The number of anilines is 2. The minimum Gasteiger partial charge on any atom is -0.354 e. The van der Waals surface area contributed by atoms with Crippen LogP contribution in [0.1, 0.15) is 10.4 Å². The van der Waals surface area contributed by atoms with E-state index in [9.17, 15) is 4.79 Å². The van der Waals surface area contributed by atoms with Gasteiger partial charge in [-0.1, -0.05) is 12.1 Å². The molecule has 9 heteroatoms. The summed E-state index contributed by atoms with van der Waals surface area (Å²) in [6.07, 6.45) is 5.28. The SMILES string of the molecule is CN1CCN(c2cc(C(=O)Nc3ncc4ccc(-c5ccn(C)n5)cc4n3)ccn2)CC1. The predicted molar refractivity (Wildman–Crippen MR) is 124 cm³/mol. The molecule has 4 heterocycles. The molecule has 0 bridgehead atoms. The van der Waals surface area contributed by atoms with Crippen molar-refractivity contribution in [1.29, 1.82) is 0 Å². The molecule has 0 atom stereocenters. The Labute approximate surface area is 185 Å². The number of aryl methyl sites for hydroxylation is 1. The van der Waals surface area contributed by atoms with Gasteiger partial charge in [0.25, 0.3) is 5.91 Å². The molecule has 32 heavy (non-hydrogen) atoms. The molecule has 0 saturated carbocycles. The highest BCUT2D eigenvalue weighted by Crippen LogP contribution is 2.22. The number of hydrogen-bond donors (Lipinski definition) is 1. The molecular formula is C23H24N8O. The molecule has 4 aromatic rings. The van der Waals surface area contributed by atoms with Gasteiger partial charge < -0.3 is 9.80 Å². The van der Waals surface area contributed by atoms with Crippen LogP contribution in [0, 0.1) is 0 Å². The minimum atomic E-state index is -0.261. The van der Waals surface area contributed by atoms with Gasteiger partial charge in [0.1, 0.15) is 5.82 Å². The van der Waals surface area contributed by atoms with Gasteiger partial charge in [0.15, 0.2) is 0 Å². The zero-order chi connectivity index (χ0) is 22.1. The monoisotopic (exact) mass is 428 g/mol. The maximum absolute atomic E-state index is 12.9. The molecule has 0 unspecified atom stereocenters. The van der Waals surface area contributed by atoms with Crippen LogP contribution in [0.2, 0.25) is 0 Å². The van der Waals surface area contributed by atoms with Gasteiger partial charge in [-0.15, -0.1) is 0 Å². The van der Waals surface area contributed by atoms with E-state index in [1.807, 2.05) is 43.6 Å². The number of nitrogens with zero attached hydrogens (tertiary/aromatic N) is 7. The van der Waals surface area contributed by atoms with Crippen LogP contribution in [-0.4, -0.2) is 68.8 Å². The van der Waals surface area contributed by atoms with Crippen molar-refractivity contribution in [2.45, 2.75) is 0 Å². The molecule has 0 spiro atoms. The van der Waals surface area contributed by atoms with Crippen LogP contribution >= 0.6 is 0 Å². The van der Waals surface area contributed by atoms with Crippen LogP contribution in [-0.2, 0) is 7.05 Å². The molecule has 1 amide bonds. The predicted octanol–water partition coefficient (Wildman–Crippen LogP) is 2.43. The number of likely N-dealkylation sites (N-methyl/N-ethyl adjacent to an activating group) is 1. The van der Waals surface area contributed by atoms with Gasteiger partial charge in [0.05, 0.1) is 11.2 Å². The van der Waals surface area contributed by atoms with E-state index in [1.165, 1.54) is 0 Å². The maximum Gasteiger partial charge on any atom is 0.258 e. The number of pyridine rings is 1. The van der Waals surface area contributed by atoms with Gasteiger partial charge in [0.2, 0.25) is 5.95 Å². The number of fused-ring (bicyclic) bond motifs is 1. The molecule has 1 aliphatic rings. The molecule has 9 nitrogen and oxygen atoms in total. The number of carbonyl (C=O) groups excluding carboxylic acids is 1. The van der Waals surface area contributed by atoms with Crippen molar-refractivity contribution in [2.75, 3.05) is 43.4 Å². The minimum absolute atomic E-state index is 0.261. The first-order valence-electron chi connectivity index (χ1n) is 10.5. The third-order valence-electron chi connectivity index (χ3n) is 5.65. The lowest BCUT2D eigenvalue weighted by Gasteiger charge is -2.33. The Bertz CT molecular complexity index is 1280. The molecule has 162 valence electrons. The number of hydrogen-bond acceptors (Lipinski definition) is 7. The fraction of sp³-hybridized carbons (Fsp3) is 0.261. The Kier molecular flexibility index (Phi) is 5.24. The number of rotatable bonds is 4. The van der Waals surface area contributed by atoms with Gasteiger partial charge in [-0.25, -0.2) is 15.0 Å². The van der Waals surface area contributed by atoms with E-state index in [2.05, 4.69) is 42.2 Å². The van der Waals surface area contributed by atoms with Crippen molar-refractivity contribution in [2.24, 2.45) is 7.05 Å². The Morgan fingerprint density at radius 1 is 1.00 bits per heavy atom. The molecule has 5 rings (SSSR count). The van der Waals surface area contributed by atoms with Crippen molar-refractivity contribution in [3.63, 3.8) is 0 Å². The Morgan fingerprint density at radius 3 is 2.62 bits per heavy atom. The second-order valence-electron chi connectivity index (χ2n) is 7.99. The zero-order valence-corrected chi connectivity index (χ0v) is 18.1. The summed E-state index contributed by atoms with van der Waals surface area (Å²) in [4.78, 5) is 30.6. The van der Waals surface area contributed by atoms with Crippen molar-refractivity contribution in [3.05, 3.63) is 60.6 Å². The van der Waals surface area contributed by atoms with Gasteiger partial charge >= 0.3 is 0 Å². The third kappa shape index (κ3) is 4.15. The highest BCUT2D eigenvalue weighted by atomic mass is 16.1.